The Kier molecular flexibility index (Phi) is 7.80. The summed E-state index contributed by atoms with van der Waals surface area (Å²) in [6, 6.07) is 4.55. The van der Waals surface area contributed by atoms with Gasteiger partial charge in [0.25, 0.3) is 11.6 Å². The van der Waals surface area contributed by atoms with Crippen LogP contribution in [0.15, 0.2) is 18.2 Å². The first-order valence-electron chi connectivity index (χ1n) is 8.89. The molecular weight excluding hydrogens is 338 g/mol. The Bertz CT molecular complexity index is 609. The standard InChI is InChI=1S/C18H27N3O5/c1-25-12-10-20(11-13-26-2)18(22)16-14-15(21(23)24)6-7-17(16)19-8-4-3-5-9-19/h6-7,14H,3-5,8-13H2,1-2H3. The number of carbonyl (C=O) groups is 1. The summed E-state index contributed by atoms with van der Waals surface area (Å²) < 4.78 is 10.2. The number of nitro groups is 1. The number of non-ortho nitro benzene ring substituents is 1. The molecular formula is C18H27N3O5. The molecule has 1 saturated heterocycles. The van der Waals surface area contributed by atoms with Crippen molar-refractivity contribution in [3.05, 3.63) is 33.9 Å². The highest BCUT2D eigenvalue weighted by molar-refractivity contribution is 6.00. The lowest BCUT2D eigenvalue weighted by atomic mass is 10.1. The summed E-state index contributed by atoms with van der Waals surface area (Å²) in [6.07, 6.45) is 3.28. The zero-order valence-corrected chi connectivity index (χ0v) is 15.5. The molecule has 1 aromatic rings. The van der Waals surface area contributed by atoms with Crippen LogP contribution in [-0.4, -0.2) is 69.3 Å². The summed E-state index contributed by atoms with van der Waals surface area (Å²) in [7, 11) is 3.15. The molecule has 0 radical (unpaired) electrons. The second-order valence-electron chi connectivity index (χ2n) is 6.28. The highest BCUT2D eigenvalue weighted by Crippen LogP contribution is 2.29. The molecule has 8 nitrogen and oxygen atoms in total. The van der Waals surface area contributed by atoms with Crippen LogP contribution in [0.3, 0.4) is 0 Å². The minimum absolute atomic E-state index is 0.0763. The molecule has 8 heteroatoms. The Balaban J connectivity index is 2.35. The van der Waals surface area contributed by atoms with Gasteiger partial charge in [-0.3, -0.25) is 14.9 Å². The van der Waals surface area contributed by atoms with Crippen molar-refractivity contribution in [3.63, 3.8) is 0 Å². The van der Waals surface area contributed by atoms with Gasteiger partial charge < -0.3 is 19.3 Å². The number of piperidine rings is 1. The maximum absolute atomic E-state index is 13.2. The molecule has 0 atom stereocenters. The van der Waals surface area contributed by atoms with Gasteiger partial charge in [-0.05, 0) is 25.3 Å². The number of benzene rings is 1. The smallest absolute Gasteiger partial charge is 0.270 e. The second kappa shape index (κ2) is 10.1. The van der Waals surface area contributed by atoms with E-state index in [0.29, 0.717) is 31.9 Å². The average molecular weight is 365 g/mol. The van der Waals surface area contributed by atoms with Crippen LogP contribution in [0.2, 0.25) is 0 Å². The lowest BCUT2D eigenvalue weighted by molar-refractivity contribution is -0.384. The Morgan fingerprint density at radius 2 is 1.77 bits per heavy atom. The fourth-order valence-corrected chi connectivity index (χ4v) is 3.11. The molecule has 0 N–H and O–H groups in total. The highest BCUT2D eigenvalue weighted by atomic mass is 16.6. The molecule has 1 aliphatic rings. The van der Waals surface area contributed by atoms with Crippen molar-refractivity contribution < 1.29 is 19.2 Å². The molecule has 0 aliphatic carbocycles. The van der Waals surface area contributed by atoms with Gasteiger partial charge in [-0.1, -0.05) is 0 Å². The van der Waals surface area contributed by atoms with E-state index in [1.807, 2.05) is 0 Å². The first kappa shape index (κ1) is 20.1. The van der Waals surface area contributed by atoms with E-state index in [1.165, 1.54) is 18.6 Å². The number of nitrogens with zero attached hydrogens (tertiary/aromatic N) is 3. The van der Waals surface area contributed by atoms with Crippen LogP contribution in [0.4, 0.5) is 11.4 Å². The zero-order valence-electron chi connectivity index (χ0n) is 15.5. The molecule has 1 aliphatic heterocycles. The van der Waals surface area contributed by atoms with Crippen molar-refractivity contribution >= 4 is 17.3 Å². The van der Waals surface area contributed by atoms with E-state index in [-0.39, 0.29) is 11.6 Å². The summed E-state index contributed by atoms with van der Waals surface area (Å²) in [6.45, 7) is 3.30. The van der Waals surface area contributed by atoms with Gasteiger partial charge in [0, 0.05) is 52.5 Å². The summed E-state index contributed by atoms with van der Waals surface area (Å²) in [4.78, 5) is 27.7. The van der Waals surface area contributed by atoms with E-state index in [9.17, 15) is 14.9 Å². The van der Waals surface area contributed by atoms with Crippen LogP contribution in [0.1, 0.15) is 29.6 Å². The molecule has 0 saturated carbocycles. The fraction of sp³-hybridized carbons (Fsp3) is 0.611. The van der Waals surface area contributed by atoms with Gasteiger partial charge in [0.2, 0.25) is 0 Å². The molecule has 26 heavy (non-hydrogen) atoms. The Morgan fingerprint density at radius 1 is 1.15 bits per heavy atom. The number of ether oxygens (including phenoxy) is 2. The zero-order chi connectivity index (χ0) is 18.9. The Morgan fingerprint density at radius 3 is 2.31 bits per heavy atom. The van der Waals surface area contributed by atoms with Gasteiger partial charge in [0.1, 0.15) is 0 Å². The molecule has 0 bridgehead atoms. The van der Waals surface area contributed by atoms with Crippen molar-refractivity contribution in [2.24, 2.45) is 0 Å². The number of amides is 1. The first-order valence-corrected chi connectivity index (χ1v) is 8.89. The number of rotatable bonds is 9. The van der Waals surface area contributed by atoms with E-state index in [1.54, 1.807) is 25.2 Å². The Labute approximate surface area is 153 Å². The number of nitro benzene ring substituents is 1. The van der Waals surface area contributed by atoms with E-state index >= 15 is 0 Å². The minimum Gasteiger partial charge on any atom is -0.383 e. The van der Waals surface area contributed by atoms with Gasteiger partial charge in [0.15, 0.2) is 0 Å². The number of carbonyl (C=O) groups excluding carboxylic acids is 1. The van der Waals surface area contributed by atoms with Gasteiger partial charge in [-0.25, -0.2) is 0 Å². The molecule has 0 spiro atoms. The van der Waals surface area contributed by atoms with Crippen LogP contribution >= 0.6 is 0 Å². The van der Waals surface area contributed by atoms with Crippen LogP contribution in [0, 0.1) is 10.1 Å². The van der Waals surface area contributed by atoms with Gasteiger partial charge in [0.05, 0.1) is 29.4 Å². The van der Waals surface area contributed by atoms with Gasteiger partial charge in [-0.15, -0.1) is 0 Å². The van der Waals surface area contributed by atoms with E-state index in [2.05, 4.69) is 4.90 Å². The molecule has 144 valence electrons. The van der Waals surface area contributed by atoms with Crippen LogP contribution in [0.5, 0.6) is 0 Å². The third-order valence-electron chi connectivity index (χ3n) is 4.54. The van der Waals surface area contributed by atoms with Crippen LogP contribution in [-0.2, 0) is 9.47 Å². The molecule has 0 unspecified atom stereocenters. The lowest BCUT2D eigenvalue weighted by Gasteiger charge is -2.31. The fourth-order valence-electron chi connectivity index (χ4n) is 3.11. The third-order valence-corrected chi connectivity index (χ3v) is 4.54. The minimum atomic E-state index is -0.467. The lowest BCUT2D eigenvalue weighted by Crippen LogP contribution is -2.38. The number of methoxy groups -OCH3 is 2. The summed E-state index contributed by atoms with van der Waals surface area (Å²) >= 11 is 0. The highest BCUT2D eigenvalue weighted by Gasteiger charge is 2.25. The maximum Gasteiger partial charge on any atom is 0.270 e. The number of hydrogen-bond acceptors (Lipinski definition) is 6. The number of hydrogen-bond donors (Lipinski definition) is 0. The third kappa shape index (κ3) is 5.15. The molecule has 1 fully saturated rings. The average Bonchev–Trinajstić information content (AvgIpc) is 2.67. The van der Waals surface area contributed by atoms with Crippen molar-refractivity contribution in [1.82, 2.24) is 4.90 Å². The van der Waals surface area contributed by atoms with Gasteiger partial charge in [-0.2, -0.15) is 0 Å². The molecule has 2 rings (SSSR count). The molecule has 1 heterocycles. The maximum atomic E-state index is 13.2. The summed E-state index contributed by atoms with van der Waals surface area (Å²) in [5, 5.41) is 11.2. The van der Waals surface area contributed by atoms with E-state index < -0.39 is 4.92 Å². The van der Waals surface area contributed by atoms with Crippen LogP contribution in [0.25, 0.3) is 0 Å². The van der Waals surface area contributed by atoms with Crippen molar-refractivity contribution in [3.8, 4) is 0 Å². The topological polar surface area (TPSA) is 85.1 Å². The predicted molar refractivity (Wildman–Crippen MR) is 98.8 cm³/mol. The van der Waals surface area contributed by atoms with Crippen molar-refractivity contribution in [2.45, 2.75) is 19.3 Å². The predicted octanol–water partition coefficient (Wildman–Crippen LogP) is 2.32. The summed E-state index contributed by atoms with van der Waals surface area (Å²) in [5.41, 5.74) is 1.06. The van der Waals surface area contributed by atoms with E-state index in [0.717, 1.165) is 31.6 Å². The molecule has 1 aromatic carbocycles. The SMILES string of the molecule is COCCN(CCOC)C(=O)c1cc([N+](=O)[O-])ccc1N1CCCCC1. The first-order chi connectivity index (χ1) is 12.6. The number of anilines is 1. The molecule has 1 amide bonds. The second-order valence-corrected chi connectivity index (χ2v) is 6.28. The monoisotopic (exact) mass is 365 g/mol. The van der Waals surface area contributed by atoms with Gasteiger partial charge >= 0.3 is 0 Å². The normalized spacial score (nSPS) is 14.3. The molecule has 0 aromatic heterocycles. The van der Waals surface area contributed by atoms with Crippen LogP contribution < -0.4 is 4.90 Å². The Hall–Kier alpha value is -2.19. The largest absolute Gasteiger partial charge is 0.383 e. The van der Waals surface area contributed by atoms with E-state index in [4.69, 9.17) is 9.47 Å². The quantitative estimate of drug-likeness (QED) is 0.493. The van der Waals surface area contributed by atoms with Crippen molar-refractivity contribution in [2.75, 3.05) is 58.5 Å². The van der Waals surface area contributed by atoms with Crippen molar-refractivity contribution in [1.29, 1.82) is 0 Å². The summed E-state index contributed by atoms with van der Waals surface area (Å²) in [5.74, 6) is -0.233.